The van der Waals surface area contributed by atoms with Crippen LogP contribution >= 0.6 is 15.9 Å². The molecule has 30 heavy (non-hydrogen) atoms. The van der Waals surface area contributed by atoms with Crippen molar-refractivity contribution in [2.45, 2.75) is 25.4 Å². The van der Waals surface area contributed by atoms with Gasteiger partial charge in [0.25, 0.3) is 0 Å². The van der Waals surface area contributed by atoms with E-state index in [4.69, 9.17) is 15.9 Å². The van der Waals surface area contributed by atoms with Gasteiger partial charge in [0.05, 0.1) is 23.2 Å². The van der Waals surface area contributed by atoms with Gasteiger partial charge in [0.1, 0.15) is 6.17 Å². The molecule has 1 aliphatic heterocycles. The highest BCUT2D eigenvalue weighted by molar-refractivity contribution is 9.18. The monoisotopic (exact) mass is 465 g/mol. The van der Waals surface area contributed by atoms with Crippen molar-refractivity contribution in [1.82, 2.24) is 0 Å². The van der Waals surface area contributed by atoms with Crippen LogP contribution in [0.1, 0.15) is 29.3 Å². The fraction of sp³-hybridized carbons (Fsp3) is 0.182. The second kappa shape index (κ2) is 7.30. The minimum atomic E-state index is -0.527. The van der Waals surface area contributed by atoms with Gasteiger partial charge < -0.3 is 20.8 Å². The van der Waals surface area contributed by atoms with Crippen molar-refractivity contribution in [2.75, 3.05) is 9.80 Å². The molecule has 1 unspecified atom stereocenters. The lowest BCUT2D eigenvalue weighted by molar-refractivity contribution is 0.256. The molecule has 5 rings (SSSR count). The van der Waals surface area contributed by atoms with Crippen LogP contribution in [0.4, 0.5) is 27.7 Å². The Morgan fingerprint density at radius 1 is 1.10 bits per heavy atom. The number of rotatable bonds is 3. The summed E-state index contributed by atoms with van der Waals surface area (Å²) in [6, 6.07) is 14.9. The van der Waals surface area contributed by atoms with Gasteiger partial charge in [-0.15, -0.1) is 0 Å². The Hall–Kier alpha value is -3.10. The summed E-state index contributed by atoms with van der Waals surface area (Å²) < 4.78 is 5.91. The zero-order valence-electron chi connectivity index (χ0n) is 16.1. The first-order valence-electron chi connectivity index (χ1n) is 9.71. The number of hydrogen-bond donors (Lipinski definition) is 2. The Bertz CT molecular complexity index is 1150. The third-order valence-electron chi connectivity index (χ3n) is 5.61. The number of furan rings is 1. The number of aliphatic imine (C=N–C) groups is 1. The Morgan fingerprint density at radius 2 is 1.83 bits per heavy atom. The Labute approximate surface area is 182 Å². The molecule has 2 amide bonds. The average Bonchev–Trinajstić information content (AvgIpc) is 3.38. The second-order valence-corrected chi connectivity index (χ2v) is 8.08. The first-order valence-corrected chi connectivity index (χ1v) is 10.5. The molecule has 1 aliphatic carbocycles. The molecule has 2 aliphatic rings. The SMILES string of the molecule is NC(=O)N(c1ccc(N2C(Br)=Nc3occc3C2N)cc1)c1ccc2c(c1)CCC2. The normalized spacial score (nSPS) is 17.3. The van der Waals surface area contributed by atoms with Gasteiger partial charge in [-0.1, -0.05) is 6.07 Å². The van der Waals surface area contributed by atoms with E-state index in [1.807, 2.05) is 41.3 Å². The number of urea groups is 1. The fourth-order valence-electron chi connectivity index (χ4n) is 4.15. The van der Waals surface area contributed by atoms with Crippen LogP contribution in [0.15, 0.2) is 64.2 Å². The van der Waals surface area contributed by atoms with Crippen molar-refractivity contribution in [2.24, 2.45) is 16.5 Å². The number of primary amides is 1. The third-order valence-corrected chi connectivity index (χ3v) is 6.17. The van der Waals surface area contributed by atoms with Gasteiger partial charge in [0.15, 0.2) is 4.74 Å². The molecule has 0 saturated carbocycles. The largest absolute Gasteiger partial charge is 0.446 e. The van der Waals surface area contributed by atoms with Gasteiger partial charge >= 0.3 is 6.03 Å². The molecule has 3 aromatic rings. The Kier molecular flexibility index (Phi) is 4.60. The highest BCUT2D eigenvalue weighted by atomic mass is 79.9. The molecule has 152 valence electrons. The molecule has 0 saturated heterocycles. The maximum Gasteiger partial charge on any atom is 0.323 e. The summed E-state index contributed by atoms with van der Waals surface area (Å²) in [6.45, 7) is 0. The Morgan fingerprint density at radius 3 is 2.60 bits per heavy atom. The molecule has 1 atom stereocenters. The molecule has 0 spiro atoms. The predicted octanol–water partition coefficient (Wildman–Crippen LogP) is 4.85. The maximum atomic E-state index is 12.3. The summed E-state index contributed by atoms with van der Waals surface area (Å²) >= 11 is 3.47. The van der Waals surface area contributed by atoms with Crippen LogP contribution in [0.25, 0.3) is 0 Å². The molecule has 0 fully saturated rings. The smallest absolute Gasteiger partial charge is 0.323 e. The number of nitrogens with zero attached hydrogens (tertiary/aromatic N) is 3. The van der Waals surface area contributed by atoms with Crippen LogP contribution in [-0.4, -0.2) is 10.8 Å². The minimum absolute atomic E-state index is 0.444. The van der Waals surface area contributed by atoms with E-state index in [1.54, 1.807) is 6.26 Å². The lowest BCUT2D eigenvalue weighted by Crippen LogP contribution is -2.38. The topological polar surface area (TPSA) is 101 Å². The molecular formula is C22H20BrN5O2. The zero-order valence-corrected chi connectivity index (χ0v) is 17.7. The average molecular weight is 466 g/mol. The van der Waals surface area contributed by atoms with Crippen LogP contribution in [0.3, 0.4) is 0 Å². The van der Waals surface area contributed by atoms with Gasteiger partial charge in [-0.3, -0.25) is 4.90 Å². The maximum absolute atomic E-state index is 12.3. The van der Waals surface area contributed by atoms with Gasteiger partial charge in [0, 0.05) is 5.69 Å². The van der Waals surface area contributed by atoms with Crippen LogP contribution in [0.5, 0.6) is 0 Å². The first kappa shape index (κ1) is 18.9. The van der Waals surface area contributed by atoms with Crippen molar-refractivity contribution in [3.63, 3.8) is 0 Å². The van der Waals surface area contributed by atoms with Crippen molar-refractivity contribution < 1.29 is 9.21 Å². The Balaban J connectivity index is 1.47. The summed E-state index contributed by atoms with van der Waals surface area (Å²) in [5.74, 6) is 0.499. The standard InChI is InChI=1S/C22H20BrN5O2/c23-21-26-20-18(10-11-30-20)19(24)28(21)16-8-6-15(7-9-16)27(22(25)29)17-5-4-13-2-1-3-14(13)12-17/h4-12,19H,1-3,24H2,(H2,25,29). The fourth-order valence-corrected chi connectivity index (χ4v) is 4.74. The van der Waals surface area contributed by atoms with Crippen LogP contribution < -0.4 is 21.3 Å². The lowest BCUT2D eigenvalue weighted by Gasteiger charge is -2.32. The van der Waals surface area contributed by atoms with Crippen LogP contribution in [-0.2, 0) is 12.8 Å². The number of benzene rings is 2. The number of hydrogen-bond acceptors (Lipinski definition) is 5. The molecule has 7 nitrogen and oxygen atoms in total. The van der Waals surface area contributed by atoms with Crippen molar-refractivity contribution in [1.29, 1.82) is 0 Å². The summed E-state index contributed by atoms with van der Waals surface area (Å²) in [7, 11) is 0. The van der Waals surface area contributed by atoms with Gasteiger partial charge in [-0.05, 0) is 88.8 Å². The van der Waals surface area contributed by atoms with Gasteiger partial charge in [0.2, 0.25) is 5.88 Å². The second-order valence-electron chi connectivity index (χ2n) is 7.37. The van der Waals surface area contributed by atoms with E-state index in [-0.39, 0.29) is 0 Å². The van der Waals surface area contributed by atoms with E-state index in [1.165, 1.54) is 16.0 Å². The number of aryl methyl sites for hydroxylation is 2. The summed E-state index contributed by atoms with van der Waals surface area (Å²) in [6.07, 6.45) is 4.40. The molecule has 4 N–H and O–H groups in total. The number of halogens is 1. The first-order chi connectivity index (χ1) is 14.5. The third kappa shape index (κ3) is 3.09. The number of fused-ring (bicyclic) bond motifs is 2. The van der Waals surface area contributed by atoms with Crippen molar-refractivity contribution >= 4 is 49.7 Å². The number of amidine groups is 1. The molecule has 1 aromatic heterocycles. The molecule has 0 radical (unpaired) electrons. The van der Waals surface area contributed by atoms with E-state index in [0.717, 1.165) is 36.2 Å². The summed E-state index contributed by atoms with van der Waals surface area (Å²) in [5.41, 5.74) is 17.9. The number of carbonyl (C=O) groups is 1. The van der Waals surface area contributed by atoms with E-state index in [9.17, 15) is 4.79 Å². The number of carbonyl (C=O) groups excluding carboxylic acids is 1. The minimum Gasteiger partial charge on any atom is -0.446 e. The van der Waals surface area contributed by atoms with E-state index in [0.29, 0.717) is 16.3 Å². The van der Waals surface area contributed by atoms with E-state index in [2.05, 4.69) is 33.1 Å². The van der Waals surface area contributed by atoms with Crippen molar-refractivity contribution in [3.05, 3.63) is 71.5 Å². The lowest BCUT2D eigenvalue weighted by atomic mass is 10.1. The van der Waals surface area contributed by atoms with Gasteiger partial charge in [-0.2, -0.15) is 4.99 Å². The summed E-state index contributed by atoms with van der Waals surface area (Å²) in [4.78, 5) is 20.1. The van der Waals surface area contributed by atoms with Crippen LogP contribution in [0.2, 0.25) is 0 Å². The van der Waals surface area contributed by atoms with E-state index < -0.39 is 12.2 Å². The van der Waals surface area contributed by atoms with E-state index >= 15 is 0 Å². The highest BCUT2D eigenvalue weighted by Crippen LogP contribution is 2.38. The molecule has 0 bridgehead atoms. The zero-order chi connectivity index (χ0) is 20.8. The molecule has 2 heterocycles. The van der Waals surface area contributed by atoms with Crippen molar-refractivity contribution in [3.8, 4) is 0 Å². The van der Waals surface area contributed by atoms with Gasteiger partial charge in [-0.25, -0.2) is 4.79 Å². The quantitative estimate of drug-likeness (QED) is 0.539. The molecule has 8 heteroatoms. The predicted molar refractivity (Wildman–Crippen MR) is 121 cm³/mol. The number of amides is 2. The number of nitrogens with two attached hydrogens (primary N) is 2. The molecule has 2 aromatic carbocycles. The molecular weight excluding hydrogens is 446 g/mol. The highest BCUT2D eigenvalue weighted by Gasteiger charge is 2.29. The number of anilines is 3. The van der Waals surface area contributed by atoms with Crippen LogP contribution in [0, 0.1) is 0 Å². The summed E-state index contributed by atoms with van der Waals surface area (Å²) in [5, 5.41) is 0.